The molecule has 0 radical (unpaired) electrons. The number of nitrogens with one attached hydrogen (secondary N) is 1. The number of aromatic nitrogens is 2. The third kappa shape index (κ3) is 4.99. The largest absolute Gasteiger partial charge is 0.309 e. The molecule has 2 heterocycles. The van der Waals surface area contributed by atoms with Gasteiger partial charge in [-0.2, -0.15) is 9.40 Å². The lowest BCUT2D eigenvalue weighted by atomic mass is 9.97. The van der Waals surface area contributed by atoms with Crippen LogP contribution in [0, 0.1) is 5.92 Å². The van der Waals surface area contributed by atoms with E-state index in [-0.39, 0.29) is 16.7 Å². The van der Waals surface area contributed by atoms with Crippen LogP contribution >= 0.6 is 23.2 Å². The van der Waals surface area contributed by atoms with Crippen molar-refractivity contribution in [3.05, 3.63) is 76.4 Å². The second-order valence-corrected chi connectivity index (χ2v) is 10.3. The fourth-order valence-electron chi connectivity index (χ4n) is 3.69. The summed E-state index contributed by atoms with van der Waals surface area (Å²) >= 11 is 12.4. The van der Waals surface area contributed by atoms with Crippen LogP contribution in [0.2, 0.25) is 10.0 Å². The Morgan fingerprint density at radius 3 is 2.31 bits per heavy atom. The molecule has 1 aliphatic rings. The van der Waals surface area contributed by atoms with Gasteiger partial charge in [-0.25, -0.2) is 8.42 Å². The van der Waals surface area contributed by atoms with Crippen molar-refractivity contribution in [2.45, 2.75) is 24.3 Å². The number of anilines is 1. The molecule has 0 saturated carbocycles. The average molecular weight is 493 g/mol. The Labute approximate surface area is 197 Å². The zero-order valence-corrected chi connectivity index (χ0v) is 19.4. The SMILES string of the molecule is O=C(Nc1ccn(Cc2c(Cl)cccc2Cl)n1)C1CCN(S(=O)(=O)c2ccccc2)CC1. The molecule has 1 fully saturated rings. The number of carbonyl (C=O) groups excluding carboxylic acids is 1. The summed E-state index contributed by atoms with van der Waals surface area (Å²) in [6, 6.07) is 15.4. The van der Waals surface area contributed by atoms with Crippen LogP contribution in [-0.4, -0.2) is 41.5 Å². The van der Waals surface area contributed by atoms with Gasteiger partial charge in [0.2, 0.25) is 15.9 Å². The van der Waals surface area contributed by atoms with Gasteiger partial charge in [-0.05, 0) is 37.1 Å². The van der Waals surface area contributed by atoms with Crippen molar-refractivity contribution >= 4 is 45.0 Å². The molecule has 1 aliphatic heterocycles. The van der Waals surface area contributed by atoms with Gasteiger partial charge in [0.25, 0.3) is 0 Å². The minimum atomic E-state index is -3.54. The predicted molar refractivity (Wildman–Crippen MR) is 124 cm³/mol. The highest BCUT2D eigenvalue weighted by molar-refractivity contribution is 7.89. The molecule has 3 aromatic rings. The number of rotatable bonds is 6. The first-order valence-electron chi connectivity index (χ1n) is 10.2. The number of halogens is 2. The van der Waals surface area contributed by atoms with Gasteiger partial charge in [-0.1, -0.05) is 47.5 Å². The Morgan fingerprint density at radius 1 is 1.00 bits per heavy atom. The predicted octanol–water partition coefficient (Wildman–Crippen LogP) is 4.28. The molecule has 0 unspecified atom stereocenters. The molecule has 10 heteroatoms. The van der Waals surface area contributed by atoms with Gasteiger partial charge in [-0.3, -0.25) is 9.48 Å². The number of carbonyl (C=O) groups is 1. The van der Waals surface area contributed by atoms with Crippen molar-refractivity contribution in [1.82, 2.24) is 14.1 Å². The van der Waals surface area contributed by atoms with E-state index in [4.69, 9.17) is 23.2 Å². The van der Waals surface area contributed by atoms with Crippen molar-refractivity contribution in [3.8, 4) is 0 Å². The van der Waals surface area contributed by atoms with Gasteiger partial charge >= 0.3 is 0 Å². The van der Waals surface area contributed by atoms with Crippen molar-refractivity contribution < 1.29 is 13.2 Å². The summed E-state index contributed by atoms with van der Waals surface area (Å²) in [6.07, 6.45) is 2.64. The molecule has 1 N–H and O–H groups in total. The number of benzene rings is 2. The van der Waals surface area contributed by atoms with Gasteiger partial charge < -0.3 is 5.32 Å². The van der Waals surface area contributed by atoms with Crippen LogP contribution < -0.4 is 5.32 Å². The van der Waals surface area contributed by atoms with E-state index in [1.54, 1.807) is 65.5 Å². The molecule has 168 valence electrons. The lowest BCUT2D eigenvalue weighted by Crippen LogP contribution is -2.41. The maximum absolute atomic E-state index is 12.7. The number of piperidine rings is 1. The van der Waals surface area contributed by atoms with Gasteiger partial charge in [0.05, 0.1) is 11.4 Å². The molecule has 7 nitrogen and oxygen atoms in total. The summed E-state index contributed by atoms with van der Waals surface area (Å²) in [7, 11) is -3.54. The first-order chi connectivity index (χ1) is 15.3. The molecular weight excluding hydrogens is 471 g/mol. The quantitative estimate of drug-likeness (QED) is 0.556. The standard InChI is InChI=1S/C22H22Cl2N4O3S/c23-19-7-4-8-20(24)18(19)15-27-12-11-21(26-27)25-22(29)16-9-13-28(14-10-16)32(30,31)17-5-2-1-3-6-17/h1-8,11-12,16H,9-10,13-15H2,(H,25,26,29). The van der Waals surface area contributed by atoms with Crippen LogP contribution in [0.4, 0.5) is 5.82 Å². The molecule has 2 aromatic carbocycles. The normalized spacial score (nSPS) is 15.6. The van der Waals surface area contributed by atoms with Crippen LogP contribution in [0.1, 0.15) is 18.4 Å². The number of hydrogen-bond donors (Lipinski definition) is 1. The molecule has 0 spiro atoms. The molecular formula is C22H22Cl2N4O3S. The first kappa shape index (κ1) is 22.8. The van der Waals surface area contributed by atoms with Crippen LogP contribution in [0.3, 0.4) is 0 Å². The van der Waals surface area contributed by atoms with Crippen LogP contribution in [-0.2, 0) is 21.4 Å². The smallest absolute Gasteiger partial charge is 0.243 e. The third-order valence-corrected chi connectivity index (χ3v) is 8.10. The van der Waals surface area contributed by atoms with Crippen molar-refractivity contribution in [2.75, 3.05) is 18.4 Å². The summed E-state index contributed by atoms with van der Waals surface area (Å²) in [4.78, 5) is 13.0. The molecule has 4 rings (SSSR count). The fourth-order valence-corrected chi connectivity index (χ4v) is 5.70. The number of sulfonamides is 1. The Hall–Kier alpha value is -2.39. The Bertz CT molecular complexity index is 1190. The number of hydrogen-bond acceptors (Lipinski definition) is 4. The second kappa shape index (κ2) is 9.62. The highest BCUT2D eigenvalue weighted by atomic mass is 35.5. The van der Waals surface area contributed by atoms with E-state index < -0.39 is 10.0 Å². The maximum Gasteiger partial charge on any atom is 0.243 e. The van der Waals surface area contributed by atoms with E-state index in [1.807, 2.05) is 0 Å². The lowest BCUT2D eigenvalue weighted by Gasteiger charge is -2.30. The van der Waals surface area contributed by atoms with Crippen LogP contribution in [0.25, 0.3) is 0 Å². The Balaban J connectivity index is 1.34. The maximum atomic E-state index is 12.7. The van der Waals surface area contributed by atoms with E-state index in [2.05, 4.69) is 10.4 Å². The monoisotopic (exact) mass is 492 g/mol. The zero-order chi connectivity index (χ0) is 22.7. The summed E-state index contributed by atoms with van der Waals surface area (Å²) in [6.45, 7) is 0.980. The lowest BCUT2D eigenvalue weighted by molar-refractivity contribution is -0.120. The average Bonchev–Trinajstić information content (AvgIpc) is 3.24. The summed E-state index contributed by atoms with van der Waals surface area (Å²) in [5.74, 6) is -0.0133. The minimum Gasteiger partial charge on any atom is -0.309 e. The number of nitrogens with zero attached hydrogens (tertiary/aromatic N) is 3. The molecule has 1 aromatic heterocycles. The topological polar surface area (TPSA) is 84.3 Å². The minimum absolute atomic E-state index is 0.164. The van der Waals surface area contributed by atoms with Crippen molar-refractivity contribution in [1.29, 1.82) is 0 Å². The van der Waals surface area contributed by atoms with Crippen LogP contribution in [0.5, 0.6) is 0 Å². The van der Waals surface area contributed by atoms with E-state index in [0.717, 1.165) is 5.56 Å². The van der Waals surface area contributed by atoms with E-state index >= 15 is 0 Å². The fraction of sp³-hybridized carbons (Fsp3) is 0.273. The van der Waals surface area contributed by atoms with Crippen LogP contribution in [0.15, 0.2) is 65.7 Å². The molecule has 1 amide bonds. The van der Waals surface area contributed by atoms with E-state index in [0.29, 0.717) is 48.3 Å². The molecule has 0 atom stereocenters. The summed E-state index contributed by atoms with van der Waals surface area (Å²) in [5, 5.41) is 8.31. The van der Waals surface area contributed by atoms with Crippen molar-refractivity contribution in [2.24, 2.45) is 5.92 Å². The molecule has 32 heavy (non-hydrogen) atoms. The van der Waals surface area contributed by atoms with Gasteiger partial charge in [-0.15, -0.1) is 0 Å². The first-order valence-corrected chi connectivity index (χ1v) is 12.4. The highest BCUT2D eigenvalue weighted by Gasteiger charge is 2.32. The second-order valence-electron chi connectivity index (χ2n) is 7.58. The number of amides is 1. The molecule has 0 aliphatic carbocycles. The third-order valence-electron chi connectivity index (χ3n) is 5.48. The van der Waals surface area contributed by atoms with E-state index in [9.17, 15) is 13.2 Å². The summed E-state index contributed by atoms with van der Waals surface area (Å²) < 4.78 is 28.6. The van der Waals surface area contributed by atoms with E-state index in [1.165, 1.54) is 4.31 Å². The van der Waals surface area contributed by atoms with Gasteiger partial charge in [0.1, 0.15) is 0 Å². The highest BCUT2D eigenvalue weighted by Crippen LogP contribution is 2.26. The Morgan fingerprint density at radius 2 is 1.66 bits per heavy atom. The van der Waals surface area contributed by atoms with Crippen molar-refractivity contribution in [3.63, 3.8) is 0 Å². The molecule has 1 saturated heterocycles. The zero-order valence-electron chi connectivity index (χ0n) is 17.1. The summed E-state index contributed by atoms with van der Waals surface area (Å²) in [5.41, 5.74) is 0.754. The van der Waals surface area contributed by atoms with Gasteiger partial charge in [0, 0.05) is 46.9 Å². The molecule has 0 bridgehead atoms. The van der Waals surface area contributed by atoms with Gasteiger partial charge in [0.15, 0.2) is 5.82 Å². The Kier molecular flexibility index (Phi) is 6.85.